The van der Waals surface area contributed by atoms with Gasteiger partial charge in [-0.05, 0) is 57.7 Å². The lowest BCUT2D eigenvalue weighted by Gasteiger charge is -2.38. The van der Waals surface area contributed by atoms with Gasteiger partial charge in [0.1, 0.15) is 5.75 Å². The number of guanidine groups is 1. The second-order valence-corrected chi connectivity index (χ2v) is 8.49. The number of piperidine rings is 1. The van der Waals surface area contributed by atoms with E-state index in [-0.39, 0.29) is 29.4 Å². The Labute approximate surface area is 209 Å². The largest absolute Gasteiger partial charge is 0.496 e. The van der Waals surface area contributed by atoms with Gasteiger partial charge in [-0.15, -0.1) is 24.0 Å². The van der Waals surface area contributed by atoms with Crippen LogP contribution in [0.2, 0.25) is 5.02 Å². The van der Waals surface area contributed by atoms with Crippen LogP contribution in [0.4, 0.5) is 0 Å². The van der Waals surface area contributed by atoms with Gasteiger partial charge in [0.2, 0.25) is 0 Å². The molecule has 2 heterocycles. The van der Waals surface area contributed by atoms with E-state index >= 15 is 0 Å². The Morgan fingerprint density at radius 3 is 2.58 bits per heavy atom. The van der Waals surface area contributed by atoms with Crippen LogP contribution >= 0.6 is 35.6 Å². The lowest BCUT2D eigenvalue weighted by atomic mass is 9.73. The molecule has 0 atom stereocenters. The monoisotopic (exact) mass is 565 g/mol. The summed E-state index contributed by atoms with van der Waals surface area (Å²) in [5.41, 5.74) is 0.995. The van der Waals surface area contributed by atoms with Crippen LogP contribution in [0.3, 0.4) is 0 Å². The van der Waals surface area contributed by atoms with Crippen molar-refractivity contribution in [3.63, 3.8) is 0 Å². The third-order valence-corrected chi connectivity index (χ3v) is 6.43. The molecule has 0 unspecified atom stereocenters. The van der Waals surface area contributed by atoms with Crippen molar-refractivity contribution in [1.29, 1.82) is 0 Å². The number of methoxy groups -OCH3 is 1. The molecule has 3 rings (SSSR count). The molecule has 1 aromatic carbocycles. The van der Waals surface area contributed by atoms with E-state index in [9.17, 15) is 0 Å². The maximum absolute atomic E-state index is 6.37. The highest BCUT2D eigenvalue weighted by atomic mass is 127. The maximum atomic E-state index is 6.37. The van der Waals surface area contributed by atoms with Crippen molar-refractivity contribution in [3.05, 3.63) is 28.8 Å². The Balaban J connectivity index is 0.00000341. The molecule has 2 aliphatic heterocycles. The summed E-state index contributed by atoms with van der Waals surface area (Å²) in [5.74, 6) is 1.86. The number of ether oxygens (including phenoxy) is 3. The maximum Gasteiger partial charge on any atom is 0.193 e. The molecule has 2 aliphatic rings. The fraction of sp³-hybridized carbons (Fsp3) is 0.696. The lowest BCUT2D eigenvalue weighted by Crippen LogP contribution is -2.48. The standard InChI is InChI=1S/C23H36ClN3O3.HI/c1-4-25-22(27-12-8-19(9-13-27)30-5-2)26-17-23(10-14-29-15-11-23)20-16-18(24)6-7-21(20)28-3;/h6-7,16,19H,4-5,8-15,17H2,1-3H3,(H,25,26);1H. The molecule has 0 aromatic heterocycles. The molecule has 176 valence electrons. The predicted octanol–water partition coefficient (Wildman–Crippen LogP) is 4.48. The first kappa shape index (κ1) is 26.5. The molecule has 2 saturated heterocycles. The van der Waals surface area contributed by atoms with E-state index in [0.29, 0.717) is 12.6 Å². The number of hydrogen-bond donors (Lipinski definition) is 1. The Bertz CT molecular complexity index is 705. The van der Waals surface area contributed by atoms with Crippen LogP contribution in [0.25, 0.3) is 0 Å². The average molecular weight is 566 g/mol. The normalized spacial score (nSPS) is 19.6. The number of benzene rings is 1. The Morgan fingerprint density at radius 1 is 1.26 bits per heavy atom. The van der Waals surface area contributed by atoms with Crippen LogP contribution in [-0.4, -0.2) is 70.1 Å². The first-order valence-electron chi connectivity index (χ1n) is 11.2. The molecule has 6 nitrogen and oxygen atoms in total. The third kappa shape index (κ3) is 6.85. The van der Waals surface area contributed by atoms with Gasteiger partial charge in [-0.2, -0.15) is 0 Å². The molecule has 0 saturated carbocycles. The van der Waals surface area contributed by atoms with Crippen molar-refractivity contribution in [3.8, 4) is 5.75 Å². The highest BCUT2D eigenvalue weighted by Crippen LogP contribution is 2.41. The smallest absolute Gasteiger partial charge is 0.193 e. The average Bonchev–Trinajstić information content (AvgIpc) is 2.78. The summed E-state index contributed by atoms with van der Waals surface area (Å²) in [6.45, 7) is 9.87. The zero-order valence-electron chi connectivity index (χ0n) is 19.0. The van der Waals surface area contributed by atoms with Crippen LogP contribution in [0.5, 0.6) is 5.75 Å². The van der Waals surface area contributed by atoms with E-state index in [1.54, 1.807) is 7.11 Å². The van der Waals surface area contributed by atoms with Crippen molar-refractivity contribution >= 4 is 41.5 Å². The van der Waals surface area contributed by atoms with Gasteiger partial charge in [0.15, 0.2) is 5.96 Å². The van der Waals surface area contributed by atoms with Gasteiger partial charge < -0.3 is 24.4 Å². The van der Waals surface area contributed by atoms with Crippen LogP contribution < -0.4 is 10.1 Å². The van der Waals surface area contributed by atoms with Gasteiger partial charge in [0.25, 0.3) is 0 Å². The van der Waals surface area contributed by atoms with Crippen molar-refractivity contribution in [2.24, 2.45) is 4.99 Å². The molecule has 2 fully saturated rings. The van der Waals surface area contributed by atoms with E-state index in [4.69, 9.17) is 30.8 Å². The number of hydrogen-bond acceptors (Lipinski definition) is 4. The Kier molecular flexibility index (Phi) is 11.2. The Morgan fingerprint density at radius 2 is 1.97 bits per heavy atom. The molecule has 1 aromatic rings. The number of nitrogens with one attached hydrogen (secondary N) is 1. The molecule has 8 heteroatoms. The van der Waals surface area contributed by atoms with E-state index in [0.717, 1.165) is 87.4 Å². The van der Waals surface area contributed by atoms with Gasteiger partial charge >= 0.3 is 0 Å². The molecule has 1 N–H and O–H groups in total. The summed E-state index contributed by atoms with van der Waals surface area (Å²) in [4.78, 5) is 7.48. The highest BCUT2D eigenvalue weighted by molar-refractivity contribution is 14.0. The van der Waals surface area contributed by atoms with E-state index in [1.165, 1.54) is 0 Å². The minimum Gasteiger partial charge on any atom is -0.496 e. The number of likely N-dealkylation sites (tertiary alicyclic amines) is 1. The number of nitrogens with zero attached hydrogens (tertiary/aromatic N) is 2. The SMILES string of the molecule is CCNC(=NCC1(c2cc(Cl)ccc2OC)CCOCC1)N1CCC(OCC)CC1.I. The molecule has 0 radical (unpaired) electrons. The second kappa shape index (κ2) is 13.1. The lowest BCUT2D eigenvalue weighted by molar-refractivity contribution is 0.0262. The minimum absolute atomic E-state index is 0. The molecule has 0 bridgehead atoms. The predicted molar refractivity (Wildman–Crippen MR) is 137 cm³/mol. The molecule has 0 amide bonds. The topological polar surface area (TPSA) is 55.3 Å². The minimum atomic E-state index is -0.140. The third-order valence-electron chi connectivity index (χ3n) is 6.19. The van der Waals surface area contributed by atoms with Crippen LogP contribution in [-0.2, 0) is 14.9 Å². The zero-order valence-corrected chi connectivity index (χ0v) is 22.1. The zero-order chi connectivity index (χ0) is 21.4. The highest BCUT2D eigenvalue weighted by Gasteiger charge is 2.37. The van der Waals surface area contributed by atoms with E-state index < -0.39 is 0 Å². The van der Waals surface area contributed by atoms with Crippen LogP contribution in [0, 0.1) is 0 Å². The number of rotatable bonds is 7. The first-order chi connectivity index (χ1) is 14.6. The van der Waals surface area contributed by atoms with Crippen LogP contribution in [0.15, 0.2) is 23.2 Å². The van der Waals surface area contributed by atoms with Gasteiger partial charge in [-0.25, -0.2) is 0 Å². The summed E-state index contributed by atoms with van der Waals surface area (Å²) < 4.78 is 17.2. The fourth-order valence-corrected chi connectivity index (χ4v) is 4.66. The summed E-state index contributed by atoms with van der Waals surface area (Å²) in [5, 5.41) is 4.22. The Hall–Kier alpha value is -0.770. The summed E-state index contributed by atoms with van der Waals surface area (Å²) in [6, 6.07) is 5.89. The van der Waals surface area contributed by atoms with Crippen molar-refractivity contribution < 1.29 is 14.2 Å². The van der Waals surface area contributed by atoms with Gasteiger partial charge in [-0.3, -0.25) is 4.99 Å². The van der Waals surface area contributed by atoms with E-state index in [1.807, 2.05) is 18.2 Å². The summed E-state index contributed by atoms with van der Waals surface area (Å²) >= 11 is 6.37. The summed E-state index contributed by atoms with van der Waals surface area (Å²) in [7, 11) is 1.72. The molecule has 31 heavy (non-hydrogen) atoms. The number of aliphatic imine (C=N–C) groups is 1. The van der Waals surface area contributed by atoms with Crippen molar-refractivity contribution in [2.75, 3.05) is 53.1 Å². The van der Waals surface area contributed by atoms with E-state index in [2.05, 4.69) is 24.1 Å². The van der Waals surface area contributed by atoms with Crippen molar-refractivity contribution in [1.82, 2.24) is 10.2 Å². The molecular weight excluding hydrogens is 529 g/mol. The quantitative estimate of drug-likeness (QED) is 0.300. The first-order valence-corrected chi connectivity index (χ1v) is 11.6. The van der Waals surface area contributed by atoms with Crippen LogP contribution in [0.1, 0.15) is 45.1 Å². The van der Waals surface area contributed by atoms with Crippen molar-refractivity contribution in [2.45, 2.75) is 51.0 Å². The second-order valence-electron chi connectivity index (χ2n) is 8.05. The molecule has 0 spiro atoms. The molecule has 0 aliphatic carbocycles. The van der Waals surface area contributed by atoms with Gasteiger partial charge in [-0.1, -0.05) is 11.6 Å². The molecular formula is C23H37ClIN3O3. The number of halogens is 2. The fourth-order valence-electron chi connectivity index (χ4n) is 4.49. The summed E-state index contributed by atoms with van der Waals surface area (Å²) in [6.07, 6.45) is 4.25. The van der Waals surface area contributed by atoms with Gasteiger partial charge in [0.05, 0.1) is 19.8 Å². The van der Waals surface area contributed by atoms with Gasteiger partial charge in [0, 0.05) is 55.5 Å².